The molecular weight excluding hydrogens is 336 g/mol. The highest BCUT2D eigenvalue weighted by Gasteiger charge is 2.29. The lowest BCUT2D eigenvalue weighted by molar-refractivity contribution is -0.120. The second-order valence-corrected chi connectivity index (χ2v) is 8.23. The molecule has 2 aromatic carbocycles. The van der Waals surface area contributed by atoms with Crippen LogP contribution in [0.2, 0.25) is 0 Å². The van der Waals surface area contributed by atoms with Crippen molar-refractivity contribution in [2.24, 2.45) is 0 Å². The van der Waals surface area contributed by atoms with Crippen molar-refractivity contribution in [1.82, 2.24) is 5.32 Å². The molecule has 0 saturated carbocycles. The maximum atomic E-state index is 12.6. The summed E-state index contributed by atoms with van der Waals surface area (Å²) in [5.74, 6) is -0.430. The highest BCUT2D eigenvalue weighted by atomic mass is 32.2. The van der Waals surface area contributed by atoms with Crippen molar-refractivity contribution in [2.45, 2.75) is 26.3 Å². The van der Waals surface area contributed by atoms with Crippen LogP contribution in [0, 0.1) is 6.92 Å². The minimum atomic E-state index is -3.49. The molecule has 0 atom stereocenters. The quantitative estimate of drug-likeness (QED) is 0.862. The summed E-state index contributed by atoms with van der Waals surface area (Å²) < 4.78 is 26.6. The Hall–Kier alpha value is -2.34. The third-order valence-electron chi connectivity index (χ3n) is 4.50. The normalized spacial score (nSPS) is 13.6. The van der Waals surface area contributed by atoms with Crippen molar-refractivity contribution < 1.29 is 13.2 Å². The number of para-hydroxylation sites is 1. The van der Waals surface area contributed by atoms with E-state index in [4.69, 9.17) is 0 Å². The average Bonchev–Trinajstić information content (AvgIpc) is 3.04. The molecule has 1 N–H and O–H groups in total. The smallest absolute Gasteiger partial charge is 0.235 e. The highest BCUT2D eigenvalue weighted by molar-refractivity contribution is 7.92. The number of sulfonamides is 1. The maximum absolute atomic E-state index is 12.6. The number of anilines is 1. The van der Waals surface area contributed by atoms with Crippen LogP contribution >= 0.6 is 0 Å². The Morgan fingerprint density at radius 2 is 1.84 bits per heavy atom. The molecule has 0 fully saturated rings. The van der Waals surface area contributed by atoms with Gasteiger partial charge in [-0.25, -0.2) is 8.42 Å². The van der Waals surface area contributed by atoms with Gasteiger partial charge in [0.15, 0.2) is 0 Å². The summed E-state index contributed by atoms with van der Waals surface area (Å²) in [6.45, 7) is 2.85. The molecule has 0 aliphatic carbocycles. The van der Waals surface area contributed by atoms with E-state index in [2.05, 4.69) is 5.32 Å². The lowest BCUT2D eigenvalue weighted by Crippen LogP contribution is -2.34. The molecule has 1 aliphatic heterocycles. The van der Waals surface area contributed by atoms with Crippen LogP contribution in [0.15, 0.2) is 48.5 Å². The Morgan fingerprint density at radius 1 is 1.12 bits per heavy atom. The number of hydrogen-bond acceptors (Lipinski definition) is 3. The number of hydrogen-bond donors (Lipinski definition) is 1. The van der Waals surface area contributed by atoms with E-state index in [1.54, 1.807) is 0 Å². The first-order valence-corrected chi connectivity index (χ1v) is 9.98. The van der Waals surface area contributed by atoms with E-state index in [0.717, 1.165) is 28.8 Å². The summed E-state index contributed by atoms with van der Waals surface area (Å²) >= 11 is 0. The molecule has 0 unspecified atom stereocenters. The predicted molar refractivity (Wildman–Crippen MR) is 98.9 cm³/mol. The minimum Gasteiger partial charge on any atom is -0.352 e. The van der Waals surface area contributed by atoms with Gasteiger partial charge >= 0.3 is 0 Å². The van der Waals surface area contributed by atoms with Gasteiger partial charge in [0, 0.05) is 19.5 Å². The molecular formula is C19H22N2O3S. The average molecular weight is 358 g/mol. The van der Waals surface area contributed by atoms with E-state index in [1.165, 1.54) is 4.31 Å². The zero-order chi connectivity index (χ0) is 17.9. The van der Waals surface area contributed by atoms with Gasteiger partial charge in [0.05, 0.1) is 11.4 Å². The molecule has 132 valence electrons. The number of nitrogens with one attached hydrogen (secondary N) is 1. The molecule has 0 radical (unpaired) electrons. The number of amides is 1. The zero-order valence-electron chi connectivity index (χ0n) is 14.2. The molecule has 1 heterocycles. The van der Waals surface area contributed by atoms with Crippen molar-refractivity contribution in [3.8, 4) is 0 Å². The summed E-state index contributed by atoms with van der Waals surface area (Å²) in [5, 5.41) is 2.80. The highest BCUT2D eigenvalue weighted by Crippen LogP contribution is 2.30. The molecule has 1 aliphatic rings. The van der Waals surface area contributed by atoms with Crippen LogP contribution in [0.1, 0.15) is 23.1 Å². The summed E-state index contributed by atoms with van der Waals surface area (Å²) in [6, 6.07) is 15.3. The summed E-state index contributed by atoms with van der Waals surface area (Å²) in [4.78, 5) is 12.0. The maximum Gasteiger partial charge on any atom is 0.235 e. The van der Waals surface area contributed by atoms with Crippen molar-refractivity contribution in [2.75, 3.05) is 16.6 Å². The Balaban J connectivity index is 1.56. The van der Waals surface area contributed by atoms with Gasteiger partial charge in [-0.15, -0.1) is 0 Å². The van der Waals surface area contributed by atoms with Gasteiger partial charge < -0.3 is 5.32 Å². The zero-order valence-corrected chi connectivity index (χ0v) is 15.1. The largest absolute Gasteiger partial charge is 0.352 e. The van der Waals surface area contributed by atoms with Gasteiger partial charge in [0.2, 0.25) is 15.9 Å². The molecule has 2 aromatic rings. The van der Waals surface area contributed by atoms with Gasteiger partial charge in [0.25, 0.3) is 0 Å². The SMILES string of the molecule is Cc1ccccc1CNC(=O)CCS(=O)(=O)N1CCc2ccccc21. The fraction of sp³-hybridized carbons (Fsp3) is 0.316. The van der Waals surface area contributed by atoms with E-state index < -0.39 is 10.0 Å². The van der Waals surface area contributed by atoms with Crippen molar-refractivity contribution >= 4 is 21.6 Å². The molecule has 0 spiro atoms. The molecule has 0 aromatic heterocycles. The van der Waals surface area contributed by atoms with Gasteiger partial charge in [-0.3, -0.25) is 9.10 Å². The van der Waals surface area contributed by atoms with Gasteiger partial charge in [0.1, 0.15) is 0 Å². The molecule has 6 heteroatoms. The molecule has 5 nitrogen and oxygen atoms in total. The van der Waals surface area contributed by atoms with Gasteiger partial charge in [-0.2, -0.15) is 0 Å². The van der Waals surface area contributed by atoms with E-state index in [1.807, 2.05) is 55.5 Å². The third-order valence-corrected chi connectivity index (χ3v) is 6.28. The summed E-state index contributed by atoms with van der Waals surface area (Å²) in [5.41, 5.74) is 3.91. The first-order valence-electron chi connectivity index (χ1n) is 8.37. The van der Waals surface area contributed by atoms with E-state index in [0.29, 0.717) is 13.1 Å². The number of carbonyl (C=O) groups excluding carboxylic acids is 1. The van der Waals surface area contributed by atoms with Gasteiger partial charge in [-0.1, -0.05) is 42.5 Å². The summed E-state index contributed by atoms with van der Waals surface area (Å²) in [6.07, 6.45) is 0.682. The Bertz CT molecular complexity index is 878. The third kappa shape index (κ3) is 4.02. The topological polar surface area (TPSA) is 66.5 Å². The molecule has 0 bridgehead atoms. The molecule has 25 heavy (non-hydrogen) atoms. The Morgan fingerprint density at radius 3 is 2.64 bits per heavy atom. The van der Waals surface area contributed by atoms with Crippen molar-refractivity contribution in [3.63, 3.8) is 0 Å². The standard InChI is InChI=1S/C19H22N2O3S/c1-15-6-2-3-8-17(15)14-20-19(22)11-13-25(23,24)21-12-10-16-7-4-5-9-18(16)21/h2-9H,10-14H2,1H3,(H,20,22). The monoisotopic (exact) mass is 358 g/mol. The van der Waals surface area contributed by atoms with E-state index >= 15 is 0 Å². The second-order valence-electron chi connectivity index (χ2n) is 6.22. The van der Waals surface area contributed by atoms with Crippen LogP contribution in [-0.2, 0) is 27.8 Å². The summed E-state index contributed by atoms with van der Waals surface area (Å²) in [7, 11) is -3.49. The Labute approximate surface area is 148 Å². The fourth-order valence-electron chi connectivity index (χ4n) is 3.02. The fourth-order valence-corrected chi connectivity index (χ4v) is 4.53. The number of rotatable bonds is 6. The first-order chi connectivity index (χ1) is 12.0. The number of aryl methyl sites for hydroxylation is 1. The van der Waals surface area contributed by atoms with Crippen LogP contribution in [0.5, 0.6) is 0 Å². The number of fused-ring (bicyclic) bond motifs is 1. The Kier molecular flexibility index (Phi) is 5.08. The lowest BCUT2D eigenvalue weighted by Gasteiger charge is -2.19. The van der Waals surface area contributed by atoms with E-state index in [-0.39, 0.29) is 18.1 Å². The molecule has 1 amide bonds. The van der Waals surface area contributed by atoms with Crippen LogP contribution in [-0.4, -0.2) is 26.6 Å². The van der Waals surface area contributed by atoms with Gasteiger partial charge in [-0.05, 0) is 36.1 Å². The van der Waals surface area contributed by atoms with E-state index in [9.17, 15) is 13.2 Å². The van der Waals surface area contributed by atoms with Crippen LogP contribution in [0.25, 0.3) is 0 Å². The molecule has 0 saturated heterocycles. The van der Waals surface area contributed by atoms with Crippen molar-refractivity contribution in [1.29, 1.82) is 0 Å². The number of benzene rings is 2. The number of carbonyl (C=O) groups is 1. The lowest BCUT2D eigenvalue weighted by atomic mass is 10.1. The van der Waals surface area contributed by atoms with Crippen molar-refractivity contribution in [3.05, 3.63) is 65.2 Å². The van der Waals surface area contributed by atoms with Crippen LogP contribution < -0.4 is 9.62 Å². The predicted octanol–water partition coefficient (Wildman–Crippen LogP) is 2.39. The minimum absolute atomic E-state index is 0.0348. The van der Waals surface area contributed by atoms with Crippen LogP contribution in [0.4, 0.5) is 5.69 Å². The first kappa shape index (κ1) is 17.5. The van der Waals surface area contributed by atoms with Crippen LogP contribution in [0.3, 0.4) is 0 Å². The second kappa shape index (κ2) is 7.27. The number of nitrogens with zero attached hydrogens (tertiary/aromatic N) is 1. The molecule has 3 rings (SSSR count).